The summed E-state index contributed by atoms with van der Waals surface area (Å²) < 4.78 is 1.30. The van der Waals surface area contributed by atoms with Gasteiger partial charge in [-0.1, -0.05) is 36.4 Å². The zero-order chi connectivity index (χ0) is 13.8. The van der Waals surface area contributed by atoms with Gasteiger partial charge in [0.15, 0.2) is 0 Å². The fourth-order valence-electron chi connectivity index (χ4n) is 2.77. The van der Waals surface area contributed by atoms with E-state index in [2.05, 4.69) is 87.4 Å². The van der Waals surface area contributed by atoms with Crippen LogP contribution in [-0.4, -0.2) is 25.7 Å². The van der Waals surface area contributed by atoms with Crippen LogP contribution < -0.4 is 10.2 Å². The molecule has 2 nitrogen and oxygen atoms in total. The molecule has 0 aliphatic carbocycles. The van der Waals surface area contributed by atoms with Gasteiger partial charge in [0.25, 0.3) is 0 Å². The van der Waals surface area contributed by atoms with Crippen molar-refractivity contribution < 1.29 is 0 Å². The Labute approximate surface area is 134 Å². The molecule has 3 heteroatoms. The van der Waals surface area contributed by atoms with Gasteiger partial charge in [-0.25, -0.2) is 0 Å². The van der Waals surface area contributed by atoms with Crippen molar-refractivity contribution in [2.75, 3.05) is 24.5 Å². The fraction of sp³-hybridized carbons (Fsp3) is 0.294. The second kappa shape index (κ2) is 6.59. The average Bonchev–Trinajstić information content (AvgIpc) is 2.49. The SMILES string of the molecule is Ic1cccc(N2CCNC(Cc3ccccc3)C2)c1. The number of nitrogens with one attached hydrogen (secondary N) is 1. The molecule has 104 valence electrons. The highest BCUT2D eigenvalue weighted by Gasteiger charge is 2.19. The molecule has 1 N–H and O–H groups in total. The minimum atomic E-state index is 0.531. The lowest BCUT2D eigenvalue weighted by atomic mass is 10.0. The summed E-state index contributed by atoms with van der Waals surface area (Å²) in [4.78, 5) is 2.49. The van der Waals surface area contributed by atoms with Crippen molar-refractivity contribution >= 4 is 28.3 Å². The van der Waals surface area contributed by atoms with E-state index in [-0.39, 0.29) is 0 Å². The third kappa shape index (κ3) is 3.52. The molecule has 1 aliphatic heterocycles. The molecule has 20 heavy (non-hydrogen) atoms. The van der Waals surface area contributed by atoms with E-state index >= 15 is 0 Å². The van der Waals surface area contributed by atoms with Gasteiger partial charge in [-0.15, -0.1) is 0 Å². The van der Waals surface area contributed by atoms with Crippen molar-refractivity contribution in [2.45, 2.75) is 12.5 Å². The maximum absolute atomic E-state index is 3.64. The third-order valence-electron chi connectivity index (χ3n) is 3.75. The van der Waals surface area contributed by atoms with Crippen LogP contribution in [0.1, 0.15) is 5.56 Å². The lowest BCUT2D eigenvalue weighted by Crippen LogP contribution is -2.51. The van der Waals surface area contributed by atoms with Crippen LogP contribution in [0, 0.1) is 3.57 Å². The van der Waals surface area contributed by atoms with Crippen molar-refractivity contribution in [2.24, 2.45) is 0 Å². The molecular weight excluding hydrogens is 359 g/mol. The van der Waals surface area contributed by atoms with E-state index in [1.807, 2.05) is 0 Å². The van der Waals surface area contributed by atoms with Gasteiger partial charge in [0.1, 0.15) is 0 Å². The first-order valence-electron chi connectivity index (χ1n) is 7.09. The first-order chi connectivity index (χ1) is 9.81. The van der Waals surface area contributed by atoms with Crippen LogP contribution in [0.4, 0.5) is 5.69 Å². The molecule has 0 amide bonds. The molecule has 1 fully saturated rings. The molecule has 0 spiro atoms. The Balaban J connectivity index is 1.67. The quantitative estimate of drug-likeness (QED) is 0.825. The van der Waals surface area contributed by atoms with Crippen LogP contribution in [0.3, 0.4) is 0 Å². The Kier molecular flexibility index (Phi) is 4.58. The molecule has 1 saturated heterocycles. The summed E-state index contributed by atoms with van der Waals surface area (Å²) in [7, 11) is 0. The molecule has 1 atom stereocenters. The molecule has 0 saturated carbocycles. The maximum atomic E-state index is 3.64. The number of rotatable bonds is 3. The molecule has 1 aliphatic rings. The molecule has 0 aromatic heterocycles. The molecule has 2 aromatic rings. The second-order valence-electron chi connectivity index (χ2n) is 5.27. The van der Waals surface area contributed by atoms with Gasteiger partial charge in [0, 0.05) is 34.9 Å². The largest absolute Gasteiger partial charge is 0.369 e. The Morgan fingerprint density at radius 1 is 1.10 bits per heavy atom. The minimum absolute atomic E-state index is 0.531. The van der Waals surface area contributed by atoms with Crippen molar-refractivity contribution in [1.82, 2.24) is 5.32 Å². The van der Waals surface area contributed by atoms with E-state index < -0.39 is 0 Å². The van der Waals surface area contributed by atoms with E-state index in [1.165, 1.54) is 14.8 Å². The number of benzene rings is 2. The monoisotopic (exact) mass is 378 g/mol. The molecule has 1 heterocycles. The van der Waals surface area contributed by atoms with Gasteiger partial charge in [-0.3, -0.25) is 0 Å². The summed E-state index contributed by atoms with van der Waals surface area (Å²) in [5.41, 5.74) is 2.76. The highest BCUT2D eigenvalue weighted by Crippen LogP contribution is 2.19. The van der Waals surface area contributed by atoms with Crippen molar-refractivity contribution in [1.29, 1.82) is 0 Å². The fourth-order valence-corrected chi connectivity index (χ4v) is 3.29. The van der Waals surface area contributed by atoms with Gasteiger partial charge >= 0.3 is 0 Å². The zero-order valence-electron chi connectivity index (χ0n) is 11.4. The van der Waals surface area contributed by atoms with Gasteiger partial charge in [0.2, 0.25) is 0 Å². The summed E-state index contributed by atoms with van der Waals surface area (Å²) in [6, 6.07) is 20.1. The molecular formula is C17H19IN2. The standard InChI is InChI=1S/C17H19IN2/c18-15-7-4-8-17(12-15)20-10-9-19-16(13-20)11-14-5-2-1-3-6-14/h1-8,12,16,19H,9-11,13H2. The minimum Gasteiger partial charge on any atom is -0.369 e. The topological polar surface area (TPSA) is 15.3 Å². The summed E-state index contributed by atoms with van der Waals surface area (Å²) in [6.07, 6.45) is 1.10. The first kappa shape index (κ1) is 13.9. The average molecular weight is 378 g/mol. The van der Waals surface area contributed by atoms with Gasteiger partial charge in [-0.05, 0) is 52.8 Å². The molecule has 0 radical (unpaired) electrons. The lowest BCUT2D eigenvalue weighted by molar-refractivity contribution is 0.455. The number of hydrogen-bond acceptors (Lipinski definition) is 2. The van der Waals surface area contributed by atoms with Crippen LogP contribution in [0.5, 0.6) is 0 Å². The molecule has 2 aromatic carbocycles. The zero-order valence-corrected chi connectivity index (χ0v) is 13.6. The number of piperazine rings is 1. The van der Waals surface area contributed by atoms with Crippen LogP contribution in [0.25, 0.3) is 0 Å². The predicted molar refractivity (Wildman–Crippen MR) is 93.3 cm³/mol. The van der Waals surface area contributed by atoms with E-state index in [0.29, 0.717) is 6.04 Å². The normalized spacial score (nSPS) is 19.1. The number of halogens is 1. The lowest BCUT2D eigenvalue weighted by Gasteiger charge is -2.35. The van der Waals surface area contributed by atoms with Gasteiger partial charge in [-0.2, -0.15) is 0 Å². The first-order valence-corrected chi connectivity index (χ1v) is 8.17. The van der Waals surface area contributed by atoms with Gasteiger partial charge in [0.05, 0.1) is 0 Å². The van der Waals surface area contributed by atoms with Crippen molar-refractivity contribution in [3.8, 4) is 0 Å². The second-order valence-corrected chi connectivity index (χ2v) is 6.51. The summed E-state index contributed by atoms with van der Waals surface area (Å²) in [6.45, 7) is 3.23. The highest BCUT2D eigenvalue weighted by atomic mass is 127. The Morgan fingerprint density at radius 3 is 2.75 bits per heavy atom. The van der Waals surface area contributed by atoms with Crippen LogP contribution in [0.15, 0.2) is 54.6 Å². The maximum Gasteiger partial charge on any atom is 0.0377 e. The van der Waals surface area contributed by atoms with Crippen molar-refractivity contribution in [3.05, 3.63) is 63.7 Å². The van der Waals surface area contributed by atoms with E-state index in [4.69, 9.17) is 0 Å². The summed E-state index contributed by atoms with van der Waals surface area (Å²) >= 11 is 2.38. The molecule has 1 unspecified atom stereocenters. The number of anilines is 1. The van der Waals surface area contributed by atoms with E-state index in [1.54, 1.807) is 0 Å². The van der Waals surface area contributed by atoms with E-state index in [0.717, 1.165) is 26.1 Å². The smallest absolute Gasteiger partial charge is 0.0377 e. The van der Waals surface area contributed by atoms with Crippen LogP contribution in [-0.2, 0) is 6.42 Å². The van der Waals surface area contributed by atoms with E-state index in [9.17, 15) is 0 Å². The summed E-state index contributed by atoms with van der Waals surface area (Å²) in [5, 5.41) is 3.64. The van der Waals surface area contributed by atoms with Crippen molar-refractivity contribution in [3.63, 3.8) is 0 Å². The Morgan fingerprint density at radius 2 is 1.95 bits per heavy atom. The third-order valence-corrected chi connectivity index (χ3v) is 4.42. The highest BCUT2D eigenvalue weighted by molar-refractivity contribution is 14.1. The number of hydrogen-bond donors (Lipinski definition) is 1. The number of nitrogens with zero attached hydrogens (tertiary/aromatic N) is 1. The Hall–Kier alpha value is -1.07. The molecule has 0 bridgehead atoms. The van der Waals surface area contributed by atoms with Crippen LogP contribution >= 0.6 is 22.6 Å². The predicted octanol–water partition coefficient (Wildman–Crippen LogP) is 3.31. The summed E-state index contributed by atoms with van der Waals surface area (Å²) in [5.74, 6) is 0. The molecule has 3 rings (SSSR count). The van der Waals surface area contributed by atoms with Crippen LogP contribution in [0.2, 0.25) is 0 Å². The Bertz CT molecular complexity index is 556. The van der Waals surface area contributed by atoms with Gasteiger partial charge < -0.3 is 10.2 Å².